The van der Waals surface area contributed by atoms with Gasteiger partial charge in [0.2, 0.25) is 5.91 Å². The average molecular weight is 390 g/mol. The van der Waals surface area contributed by atoms with Crippen molar-refractivity contribution >= 4 is 39.2 Å². The molecule has 1 saturated heterocycles. The summed E-state index contributed by atoms with van der Waals surface area (Å²) in [6.07, 6.45) is 8.90. The summed E-state index contributed by atoms with van der Waals surface area (Å²) in [6, 6.07) is 0. The van der Waals surface area contributed by atoms with Crippen molar-refractivity contribution in [3.05, 3.63) is 33.4 Å². The second-order valence-electron chi connectivity index (χ2n) is 6.88. The molecule has 2 aromatic heterocycles. The Morgan fingerprint density at radius 2 is 2.12 bits per heavy atom. The Bertz CT molecular complexity index is 916. The largest absolute Gasteiger partial charge is 0.355 e. The summed E-state index contributed by atoms with van der Waals surface area (Å²) >= 11 is 3.08. The van der Waals surface area contributed by atoms with Crippen molar-refractivity contribution in [1.82, 2.24) is 14.9 Å². The summed E-state index contributed by atoms with van der Waals surface area (Å²) in [5, 5.41) is 4.21. The van der Waals surface area contributed by atoms with E-state index in [4.69, 9.17) is 4.98 Å². The second-order valence-corrected chi connectivity index (χ2v) is 9.14. The Kier molecular flexibility index (Phi) is 5.18. The molecule has 0 aromatic carbocycles. The molecule has 7 heteroatoms. The van der Waals surface area contributed by atoms with Gasteiger partial charge in [-0.3, -0.25) is 14.2 Å². The number of carbonyl (C=O) groups is 1. The summed E-state index contributed by atoms with van der Waals surface area (Å²) in [6.45, 7) is 4.95. The Labute approximate surface area is 160 Å². The maximum absolute atomic E-state index is 13.2. The van der Waals surface area contributed by atoms with E-state index in [0.717, 1.165) is 55.3 Å². The van der Waals surface area contributed by atoms with Crippen LogP contribution in [0.2, 0.25) is 0 Å². The van der Waals surface area contributed by atoms with Gasteiger partial charge in [0.15, 0.2) is 5.16 Å². The van der Waals surface area contributed by atoms with E-state index in [1.165, 1.54) is 28.6 Å². The minimum Gasteiger partial charge on any atom is -0.355 e. The van der Waals surface area contributed by atoms with E-state index < -0.39 is 0 Å². The summed E-state index contributed by atoms with van der Waals surface area (Å²) in [5.41, 5.74) is 1.22. The van der Waals surface area contributed by atoms with Crippen LogP contribution in [-0.4, -0.2) is 27.3 Å². The molecule has 0 radical (unpaired) electrons. The third kappa shape index (κ3) is 3.22. The zero-order valence-electron chi connectivity index (χ0n) is 14.8. The first-order valence-corrected chi connectivity index (χ1v) is 11.0. The lowest BCUT2D eigenvalue weighted by Gasteiger charge is -2.16. The van der Waals surface area contributed by atoms with E-state index in [2.05, 4.69) is 11.9 Å². The number of nitrogens with zero attached hydrogens (tertiary/aromatic N) is 2. The Morgan fingerprint density at radius 3 is 2.96 bits per heavy atom. The van der Waals surface area contributed by atoms with Gasteiger partial charge in [0.1, 0.15) is 4.83 Å². The van der Waals surface area contributed by atoms with E-state index in [0.29, 0.717) is 11.7 Å². The second kappa shape index (κ2) is 7.56. The van der Waals surface area contributed by atoms with Gasteiger partial charge in [-0.2, -0.15) is 0 Å². The van der Waals surface area contributed by atoms with Crippen molar-refractivity contribution in [2.24, 2.45) is 0 Å². The SMILES string of the molecule is C=CCn1c(S[C@H]2CCCCNC2=O)nc2sc3c(c2c1=O)CCCC3. The molecule has 0 bridgehead atoms. The number of rotatable bonds is 4. The number of fused-ring (bicyclic) bond motifs is 3. The van der Waals surface area contributed by atoms with Crippen molar-refractivity contribution < 1.29 is 4.79 Å². The van der Waals surface area contributed by atoms with Gasteiger partial charge in [-0.15, -0.1) is 17.9 Å². The molecule has 1 fully saturated rings. The Balaban J connectivity index is 1.80. The Morgan fingerprint density at radius 1 is 1.27 bits per heavy atom. The fourth-order valence-corrected chi connectivity index (χ4v) is 6.22. The molecule has 0 spiro atoms. The molecule has 1 atom stereocenters. The van der Waals surface area contributed by atoms with Gasteiger partial charge in [0.25, 0.3) is 5.56 Å². The first-order valence-electron chi connectivity index (χ1n) is 9.29. The number of aromatic nitrogens is 2. The van der Waals surface area contributed by atoms with Crippen molar-refractivity contribution in [3.8, 4) is 0 Å². The fraction of sp³-hybridized carbons (Fsp3) is 0.526. The van der Waals surface area contributed by atoms with Gasteiger partial charge in [-0.25, -0.2) is 4.98 Å². The minimum atomic E-state index is -0.187. The van der Waals surface area contributed by atoms with Crippen LogP contribution >= 0.6 is 23.1 Å². The molecule has 138 valence electrons. The van der Waals surface area contributed by atoms with Crippen LogP contribution in [0.15, 0.2) is 22.6 Å². The molecule has 2 aliphatic rings. The standard InChI is InChI=1S/C19H23N3O2S2/c1-2-11-22-18(24)15-12-7-3-4-8-13(12)25-17(15)21-19(22)26-14-9-5-6-10-20-16(14)23/h2,14H,1,3-11H2,(H,20,23)/t14-/m0/s1. The predicted octanol–water partition coefficient (Wildman–Crippen LogP) is 3.28. The van der Waals surface area contributed by atoms with Crippen LogP contribution in [0.5, 0.6) is 0 Å². The number of aryl methyl sites for hydroxylation is 2. The number of hydrogen-bond donors (Lipinski definition) is 1. The molecule has 1 amide bonds. The molecule has 5 nitrogen and oxygen atoms in total. The van der Waals surface area contributed by atoms with Crippen molar-refractivity contribution in [2.45, 2.75) is 61.9 Å². The molecule has 4 rings (SSSR count). The number of carbonyl (C=O) groups excluding carboxylic acids is 1. The van der Waals surface area contributed by atoms with E-state index in [1.54, 1.807) is 22.0 Å². The molecule has 0 saturated carbocycles. The van der Waals surface area contributed by atoms with Gasteiger partial charge < -0.3 is 5.32 Å². The zero-order chi connectivity index (χ0) is 18.1. The highest BCUT2D eigenvalue weighted by molar-refractivity contribution is 8.00. The van der Waals surface area contributed by atoms with Gasteiger partial charge in [-0.05, 0) is 44.1 Å². The van der Waals surface area contributed by atoms with Crippen LogP contribution < -0.4 is 10.9 Å². The van der Waals surface area contributed by atoms with Gasteiger partial charge in [0, 0.05) is 18.0 Å². The third-order valence-corrected chi connectivity index (χ3v) is 7.53. The summed E-state index contributed by atoms with van der Waals surface area (Å²) < 4.78 is 1.69. The van der Waals surface area contributed by atoms with E-state index in [1.807, 2.05) is 0 Å². The third-order valence-electron chi connectivity index (χ3n) is 5.08. The van der Waals surface area contributed by atoms with Crippen molar-refractivity contribution in [1.29, 1.82) is 0 Å². The van der Waals surface area contributed by atoms with Crippen LogP contribution in [0.25, 0.3) is 10.2 Å². The number of thiophene rings is 1. The van der Waals surface area contributed by atoms with Crippen LogP contribution in [0.3, 0.4) is 0 Å². The smallest absolute Gasteiger partial charge is 0.263 e. The first-order chi connectivity index (χ1) is 12.7. The normalized spacial score (nSPS) is 20.5. The van der Waals surface area contributed by atoms with Crippen molar-refractivity contribution in [3.63, 3.8) is 0 Å². The number of hydrogen-bond acceptors (Lipinski definition) is 5. The topological polar surface area (TPSA) is 64.0 Å². The molecular formula is C19H23N3O2S2. The molecule has 0 unspecified atom stereocenters. The summed E-state index contributed by atoms with van der Waals surface area (Å²) in [4.78, 5) is 32.5. The van der Waals surface area contributed by atoms with Crippen molar-refractivity contribution in [2.75, 3.05) is 6.54 Å². The van der Waals surface area contributed by atoms with Gasteiger partial charge in [-0.1, -0.05) is 24.3 Å². The summed E-state index contributed by atoms with van der Waals surface area (Å²) in [5.74, 6) is 0.0532. The first kappa shape index (κ1) is 17.8. The summed E-state index contributed by atoms with van der Waals surface area (Å²) in [7, 11) is 0. The number of allylic oxidation sites excluding steroid dienone is 1. The molecule has 1 aliphatic heterocycles. The van der Waals surface area contributed by atoms with Gasteiger partial charge >= 0.3 is 0 Å². The van der Waals surface area contributed by atoms with Crippen LogP contribution in [0.1, 0.15) is 42.5 Å². The number of amides is 1. The quantitative estimate of drug-likeness (QED) is 0.644. The van der Waals surface area contributed by atoms with Crippen LogP contribution in [0, 0.1) is 0 Å². The highest BCUT2D eigenvalue weighted by Crippen LogP contribution is 2.35. The molecular weight excluding hydrogens is 366 g/mol. The van der Waals surface area contributed by atoms with E-state index in [9.17, 15) is 9.59 Å². The maximum Gasteiger partial charge on any atom is 0.263 e. The predicted molar refractivity (Wildman–Crippen MR) is 107 cm³/mol. The minimum absolute atomic E-state index is 0.0193. The number of thioether (sulfide) groups is 1. The maximum atomic E-state index is 13.2. The fourth-order valence-electron chi connectivity index (χ4n) is 3.75. The molecule has 1 N–H and O–H groups in total. The van der Waals surface area contributed by atoms with Crippen LogP contribution in [-0.2, 0) is 24.2 Å². The molecule has 26 heavy (non-hydrogen) atoms. The lowest BCUT2D eigenvalue weighted by atomic mass is 9.97. The lowest BCUT2D eigenvalue weighted by Crippen LogP contribution is -2.32. The molecule has 3 heterocycles. The van der Waals surface area contributed by atoms with E-state index >= 15 is 0 Å². The highest BCUT2D eigenvalue weighted by atomic mass is 32.2. The van der Waals surface area contributed by atoms with Crippen LogP contribution in [0.4, 0.5) is 0 Å². The van der Waals surface area contributed by atoms with Gasteiger partial charge in [0.05, 0.1) is 10.6 Å². The lowest BCUT2D eigenvalue weighted by molar-refractivity contribution is -0.120. The Hall–Kier alpha value is -1.60. The monoisotopic (exact) mass is 389 g/mol. The highest BCUT2D eigenvalue weighted by Gasteiger charge is 2.26. The number of nitrogens with one attached hydrogen (secondary N) is 1. The molecule has 1 aliphatic carbocycles. The zero-order valence-corrected chi connectivity index (χ0v) is 16.4. The average Bonchev–Trinajstić information content (AvgIpc) is 2.89. The van der Waals surface area contributed by atoms with E-state index in [-0.39, 0.29) is 16.7 Å². The molecule has 2 aromatic rings.